The van der Waals surface area contributed by atoms with Gasteiger partial charge in [-0.2, -0.15) is 0 Å². The zero-order valence-electron chi connectivity index (χ0n) is 7.46. The first-order valence-corrected chi connectivity index (χ1v) is 5.63. The van der Waals surface area contributed by atoms with Crippen LogP contribution in [0.5, 0.6) is 0 Å². The molecule has 1 heterocycles. The lowest BCUT2D eigenvalue weighted by molar-refractivity contribution is 0.282. The molecule has 2 rings (SSSR count). The van der Waals surface area contributed by atoms with Gasteiger partial charge in [-0.15, -0.1) is 22.9 Å². The minimum atomic E-state index is -0.0538. The summed E-state index contributed by atoms with van der Waals surface area (Å²) in [5.41, 5.74) is 8.15. The highest BCUT2D eigenvalue weighted by atomic mass is 35.5. The van der Waals surface area contributed by atoms with Crippen molar-refractivity contribution in [2.45, 2.75) is 12.5 Å². The van der Waals surface area contributed by atoms with Crippen molar-refractivity contribution in [3.05, 3.63) is 28.6 Å². The molecule has 14 heavy (non-hydrogen) atoms. The van der Waals surface area contributed by atoms with Crippen LogP contribution in [0, 0.1) is 0 Å². The lowest BCUT2D eigenvalue weighted by Gasteiger charge is -2.09. The van der Waals surface area contributed by atoms with Crippen LogP contribution in [-0.2, 0) is 12.5 Å². The standard InChI is InChI=1S/C10H10ClNOS/c11-4-7-8(5-13)9(12)3-6-1-2-14-10(6)7/h1-3,13H,4-5,12H2. The zero-order valence-corrected chi connectivity index (χ0v) is 9.03. The Balaban J connectivity index is 2.82. The van der Waals surface area contributed by atoms with Gasteiger partial charge in [0.1, 0.15) is 0 Å². The van der Waals surface area contributed by atoms with Gasteiger partial charge in [0.15, 0.2) is 0 Å². The van der Waals surface area contributed by atoms with Crippen LogP contribution in [0.25, 0.3) is 10.1 Å². The van der Waals surface area contributed by atoms with E-state index in [1.807, 2.05) is 17.5 Å². The van der Waals surface area contributed by atoms with E-state index in [9.17, 15) is 5.11 Å². The molecule has 0 aliphatic carbocycles. The summed E-state index contributed by atoms with van der Waals surface area (Å²) in [6.45, 7) is -0.0538. The van der Waals surface area contributed by atoms with Gasteiger partial charge in [0.05, 0.1) is 6.61 Å². The zero-order chi connectivity index (χ0) is 10.1. The van der Waals surface area contributed by atoms with Crippen molar-refractivity contribution in [1.29, 1.82) is 0 Å². The lowest BCUT2D eigenvalue weighted by Crippen LogP contribution is -1.98. The van der Waals surface area contributed by atoms with Crippen molar-refractivity contribution in [1.82, 2.24) is 0 Å². The fraction of sp³-hybridized carbons (Fsp3) is 0.200. The summed E-state index contributed by atoms with van der Waals surface area (Å²) in [5, 5.41) is 12.3. The predicted molar refractivity (Wildman–Crippen MR) is 61.7 cm³/mol. The van der Waals surface area contributed by atoms with Gasteiger partial charge >= 0.3 is 0 Å². The number of anilines is 1. The van der Waals surface area contributed by atoms with E-state index >= 15 is 0 Å². The third kappa shape index (κ3) is 1.38. The fourth-order valence-electron chi connectivity index (χ4n) is 1.57. The highest BCUT2D eigenvalue weighted by Gasteiger charge is 2.10. The van der Waals surface area contributed by atoms with Crippen molar-refractivity contribution in [2.75, 3.05) is 5.73 Å². The molecule has 0 amide bonds. The molecule has 1 aromatic heterocycles. The van der Waals surface area contributed by atoms with E-state index in [1.165, 1.54) is 0 Å². The van der Waals surface area contributed by atoms with Gasteiger partial charge in [-0.05, 0) is 28.5 Å². The van der Waals surface area contributed by atoms with Crippen LogP contribution < -0.4 is 5.73 Å². The highest BCUT2D eigenvalue weighted by Crippen LogP contribution is 2.32. The Kier molecular flexibility index (Phi) is 2.63. The Morgan fingerprint density at radius 1 is 1.43 bits per heavy atom. The number of thiophene rings is 1. The van der Waals surface area contributed by atoms with Crippen LogP contribution in [0.15, 0.2) is 17.5 Å². The van der Waals surface area contributed by atoms with Gasteiger partial charge in [0, 0.05) is 21.8 Å². The smallest absolute Gasteiger partial charge is 0.0705 e. The molecule has 0 atom stereocenters. The number of hydrogen-bond acceptors (Lipinski definition) is 3. The summed E-state index contributed by atoms with van der Waals surface area (Å²) in [4.78, 5) is 0. The molecule has 3 N–H and O–H groups in total. The molecular weight excluding hydrogens is 218 g/mol. The summed E-state index contributed by atoms with van der Waals surface area (Å²) in [6, 6.07) is 3.89. The van der Waals surface area contributed by atoms with Crippen molar-refractivity contribution in [3.8, 4) is 0 Å². The minimum Gasteiger partial charge on any atom is -0.398 e. The Hall–Kier alpha value is -0.770. The van der Waals surface area contributed by atoms with Crippen LogP contribution >= 0.6 is 22.9 Å². The molecule has 74 valence electrons. The fourth-order valence-corrected chi connectivity index (χ4v) is 2.90. The number of hydrogen-bond donors (Lipinski definition) is 2. The van der Waals surface area contributed by atoms with Crippen molar-refractivity contribution in [3.63, 3.8) is 0 Å². The largest absolute Gasteiger partial charge is 0.398 e. The van der Waals surface area contributed by atoms with Gasteiger partial charge in [-0.25, -0.2) is 0 Å². The van der Waals surface area contributed by atoms with E-state index in [0.717, 1.165) is 21.2 Å². The third-order valence-electron chi connectivity index (χ3n) is 2.29. The van der Waals surface area contributed by atoms with E-state index in [4.69, 9.17) is 17.3 Å². The van der Waals surface area contributed by atoms with E-state index < -0.39 is 0 Å². The number of nitrogens with two attached hydrogens (primary N) is 1. The average molecular weight is 228 g/mol. The monoisotopic (exact) mass is 227 g/mol. The molecular formula is C10H10ClNOS. The summed E-state index contributed by atoms with van der Waals surface area (Å²) in [7, 11) is 0. The van der Waals surface area contributed by atoms with Crippen molar-refractivity contribution in [2.24, 2.45) is 0 Å². The Morgan fingerprint density at radius 3 is 2.86 bits per heavy atom. The van der Waals surface area contributed by atoms with Crippen molar-refractivity contribution < 1.29 is 5.11 Å². The Morgan fingerprint density at radius 2 is 2.21 bits per heavy atom. The first-order chi connectivity index (χ1) is 6.77. The second-order valence-corrected chi connectivity index (χ2v) is 4.24. The molecule has 0 spiro atoms. The summed E-state index contributed by atoms with van der Waals surface area (Å²) < 4.78 is 1.12. The molecule has 0 fully saturated rings. The molecule has 0 radical (unpaired) electrons. The van der Waals surface area contributed by atoms with Gasteiger partial charge in [0.2, 0.25) is 0 Å². The van der Waals surface area contributed by atoms with Crippen LogP contribution in [0.2, 0.25) is 0 Å². The quantitative estimate of drug-likeness (QED) is 0.612. The van der Waals surface area contributed by atoms with E-state index in [-0.39, 0.29) is 6.61 Å². The average Bonchev–Trinajstić information content (AvgIpc) is 2.62. The Labute approximate surface area is 90.9 Å². The highest BCUT2D eigenvalue weighted by molar-refractivity contribution is 7.17. The Bertz CT molecular complexity index is 466. The molecule has 1 aromatic carbocycles. The predicted octanol–water partition coefficient (Wildman–Crippen LogP) is 2.71. The maximum atomic E-state index is 9.19. The van der Waals surface area contributed by atoms with E-state index in [2.05, 4.69) is 0 Å². The van der Waals surface area contributed by atoms with E-state index in [0.29, 0.717) is 11.6 Å². The van der Waals surface area contributed by atoms with Gasteiger partial charge in [-0.1, -0.05) is 0 Å². The number of fused-ring (bicyclic) bond motifs is 1. The molecule has 0 unspecified atom stereocenters. The van der Waals surface area contributed by atoms with Crippen LogP contribution in [0.1, 0.15) is 11.1 Å². The first kappa shape index (κ1) is 9.77. The number of halogens is 1. The molecule has 4 heteroatoms. The number of benzene rings is 1. The van der Waals surface area contributed by atoms with Crippen LogP contribution in [0.3, 0.4) is 0 Å². The van der Waals surface area contributed by atoms with Crippen molar-refractivity contribution >= 4 is 38.7 Å². The second kappa shape index (κ2) is 3.77. The maximum absolute atomic E-state index is 9.19. The second-order valence-electron chi connectivity index (χ2n) is 3.05. The van der Waals surface area contributed by atoms with E-state index in [1.54, 1.807) is 11.3 Å². The molecule has 2 aromatic rings. The number of aliphatic hydroxyl groups excluding tert-OH is 1. The van der Waals surface area contributed by atoms with Gasteiger partial charge in [-0.3, -0.25) is 0 Å². The molecule has 0 aliphatic heterocycles. The molecule has 0 aliphatic rings. The van der Waals surface area contributed by atoms with Gasteiger partial charge in [0.25, 0.3) is 0 Å². The third-order valence-corrected chi connectivity index (χ3v) is 3.54. The summed E-state index contributed by atoms with van der Waals surface area (Å²) in [6.07, 6.45) is 0. The normalized spacial score (nSPS) is 11.0. The van der Waals surface area contributed by atoms with Crippen LogP contribution in [0.4, 0.5) is 5.69 Å². The number of aliphatic hydroxyl groups is 1. The maximum Gasteiger partial charge on any atom is 0.0705 e. The molecule has 2 nitrogen and oxygen atoms in total. The number of alkyl halides is 1. The molecule has 0 saturated heterocycles. The van der Waals surface area contributed by atoms with Gasteiger partial charge < -0.3 is 10.8 Å². The summed E-state index contributed by atoms with van der Waals surface area (Å²) >= 11 is 7.48. The molecule has 0 bridgehead atoms. The van der Waals surface area contributed by atoms with Crippen LogP contribution in [-0.4, -0.2) is 5.11 Å². The topological polar surface area (TPSA) is 46.2 Å². The summed E-state index contributed by atoms with van der Waals surface area (Å²) in [5.74, 6) is 0.387. The minimum absolute atomic E-state index is 0.0538. The number of nitrogen functional groups attached to an aromatic ring is 1. The lowest BCUT2D eigenvalue weighted by atomic mass is 10.1. The first-order valence-electron chi connectivity index (χ1n) is 4.22. The molecule has 0 saturated carbocycles. The SMILES string of the molecule is Nc1cc2ccsc2c(CCl)c1CO. The number of rotatable bonds is 2.